The summed E-state index contributed by atoms with van der Waals surface area (Å²) < 4.78 is 16.4. The Morgan fingerprint density at radius 2 is 1.78 bits per heavy atom. The van der Waals surface area contributed by atoms with Crippen LogP contribution in [0.3, 0.4) is 0 Å². The first-order valence-corrected chi connectivity index (χ1v) is 10.3. The van der Waals surface area contributed by atoms with Gasteiger partial charge in [0.05, 0.1) is 25.8 Å². The third kappa shape index (κ3) is 4.19. The number of benzene rings is 2. The molecule has 1 fully saturated rings. The minimum absolute atomic E-state index is 0.0212. The van der Waals surface area contributed by atoms with E-state index < -0.39 is 17.7 Å². The van der Waals surface area contributed by atoms with E-state index in [0.717, 1.165) is 0 Å². The average Bonchev–Trinajstić information content (AvgIpc) is 3.07. The lowest BCUT2D eigenvalue weighted by Gasteiger charge is -2.25. The summed E-state index contributed by atoms with van der Waals surface area (Å²) in [5.41, 5.74) is 0.845. The minimum atomic E-state index is -0.781. The van der Waals surface area contributed by atoms with Gasteiger partial charge in [-0.3, -0.25) is 9.59 Å². The maximum atomic E-state index is 13.1. The number of methoxy groups -OCH3 is 2. The number of rotatable bonds is 9. The van der Waals surface area contributed by atoms with E-state index in [4.69, 9.17) is 14.2 Å². The normalized spacial score (nSPS) is 17.3. The van der Waals surface area contributed by atoms with Crippen molar-refractivity contribution >= 4 is 17.4 Å². The second-order valence-corrected chi connectivity index (χ2v) is 7.20. The van der Waals surface area contributed by atoms with Gasteiger partial charge >= 0.3 is 0 Å². The van der Waals surface area contributed by atoms with Gasteiger partial charge in [-0.25, -0.2) is 0 Å². The van der Waals surface area contributed by atoms with Crippen molar-refractivity contribution < 1.29 is 28.9 Å². The fourth-order valence-electron chi connectivity index (χ4n) is 3.85. The summed E-state index contributed by atoms with van der Waals surface area (Å²) in [5, 5.41) is 11.3. The minimum Gasteiger partial charge on any atom is -0.506 e. The molecule has 2 aromatic carbocycles. The van der Waals surface area contributed by atoms with E-state index in [0.29, 0.717) is 42.4 Å². The molecular weight excluding hydrogens is 410 g/mol. The van der Waals surface area contributed by atoms with Crippen LogP contribution in [0, 0.1) is 0 Å². The number of likely N-dealkylation sites (tertiary alicyclic amines) is 1. The highest BCUT2D eigenvalue weighted by atomic mass is 16.5. The smallest absolute Gasteiger partial charge is 0.295 e. The van der Waals surface area contributed by atoms with Gasteiger partial charge in [0.25, 0.3) is 11.7 Å². The highest BCUT2D eigenvalue weighted by Gasteiger charge is 2.46. The SMILES string of the molecule is C=CCOc1cccc(C2/C(=C(\O)c3c(OC)cccc3OC)C(=O)C(=O)N2CCC)c1. The lowest BCUT2D eigenvalue weighted by Crippen LogP contribution is -2.30. The number of carbonyl (C=O) groups excluding carboxylic acids is 2. The molecule has 0 saturated carbocycles. The predicted octanol–water partition coefficient (Wildman–Crippen LogP) is 4.10. The molecule has 2 aromatic rings. The Labute approximate surface area is 187 Å². The second-order valence-electron chi connectivity index (χ2n) is 7.20. The second kappa shape index (κ2) is 10.0. The molecular formula is C25H27NO6. The molecule has 1 atom stereocenters. The average molecular weight is 437 g/mol. The summed E-state index contributed by atoms with van der Waals surface area (Å²) >= 11 is 0. The van der Waals surface area contributed by atoms with Gasteiger partial charge in [-0.15, -0.1) is 0 Å². The number of ether oxygens (including phenoxy) is 3. The number of amides is 1. The van der Waals surface area contributed by atoms with Crippen LogP contribution in [0.1, 0.15) is 30.5 Å². The summed E-state index contributed by atoms with van der Waals surface area (Å²) in [6, 6.07) is 11.4. The molecule has 0 bridgehead atoms. The molecule has 1 amide bonds. The number of nitrogens with zero attached hydrogens (tertiary/aromatic N) is 1. The van der Waals surface area contributed by atoms with Gasteiger partial charge in [0.2, 0.25) is 0 Å². The van der Waals surface area contributed by atoms with Crippen molar-refractivity contribution in [3.05, 3.63) is 71.8 Å². The van der Waals surface area contributed by atoms with Crippen LogP contribution in [0.4, 0.5) is 0 Å². The number of hydrogen-bond donors (Lipinski definition) is 1. The van der Waals surface area contributed by atoms with Crippen molar-refractivity contribution in [2.75, 3.05) is 27.4 Å². The van der Waals surface area contributed by atoms with Crippen molar-refractivity contribution in [2.24, 2.45) is 0 Å². The molecule has 1 unspecified atom stereocenters. The number of ketones is 1. The Hall–Kier alpha value is -3.74. The molecule has 0 spiro atoms. The maximum absolute atomic E-state index is 13.1. The molecule has 7 heteroatoms. The molecule has 1 aliphatic rings. The molecule has 1 saturated heterocycles. The van der Waals surface area contributed by atoms with Gasteiger partial charge in [0.15, 0.2) is 0 Å². The quantitative estimate of drug-likeness (QED) is 0.275. The van der Waals surface area contributed by atoms with E-state index >= 15 is 0 Å². The first kappa shape index (κ1) is 22.9. The zero-order valence-corrected chi connectivity index (χ0v) is 18.5. The highest BCUT2D eigenvalue weighted by molar-refractivity contribution is 6.46. The summed E-state index contributed by atoms with van der Waals surface area (Å²) in [6.45, 7) is 6.24. The summed E-state index contributed by atoms with van der Waals surface area (Å²) in [5.74, 6) is -0.551. The lowest BCUT2D eigenvalue weighted by molar-refractivity contribution is -0.139. The number of hydrogen-bond acceptors (Lipinski definition) is 6. The third-order valence-corrected chi connectivity index (χ3v) is 5.21. The van der Waals surface area contributed by atoms with Crippen molar-refractivity contribution in [3.63, 3.8) is 0 Å². The monoisotopic (exact) mass is 437 g/mol. The maximum Gasteiger partial charge on any atom is 0.295 e. The fraction of sp³-hybridized carbons (Fsp3) is 0.280. The van der Waals surface area contributed by atoms with Crippen molar-refractivity contribution in [1.29, 1.82) is 0 Å². The lowest BCUT2D eigenvalue weighted by atomic mass is 9.94. The molecule has 7 nitrogen and oxygen atoms in total. The Balaban J connectivity index is 2.24. The molecule has 168 valence electrons. The molecule has 1 heterocycles. The number of aliphatic hydroxyl groups is 1. The van der Waals surface area contributed by atoms with Crippen LogP contribution >= 0.6 is 0 Å². The van der Waals surface area contributed by atoms with Crippen LogP contribution in [-0.2, 0) is 9.59 Å². The summed E-state index contributed by atoms with van der Waals surface area (Å²) in [4.78, 5) is 27.5. The van der Waals surface area contributed by atoms with Crippen LogP contribution in [0.5, 0.6) is 17.2 Å². The highest BCUT2D eigenvalue weighted by Crippen LogP contribution is 2.43. The Morgan fingerprint density at radius 1 is 1.12 bits per heavy atom. The number of aliphatic hydroxyl groups excluding tert-OH is 1. The Kier molecular flexibility index (Phi) is 7.20. The van der Waals surface area contributed by atoms with Gasteiger partial charge in [-0.05, 0) is 36.2 Å². The Bertz CT molecular complexity index is 1040. The molecule has 0 aliphatic carbocycles. The van der Waals surface area contributed by atoms with Gasteiger partial charge < -0.3 is 24.2 Å². The zero-order valence-electron chi connectivity index (χ0n) is 18.5. The first-order chi connectivity index (χ1) is 15.5. The summed E-state index contributed by atoms with van der Waals surface area (Å²) in [7, 11) is 2.91. The van der Waals surface area contributed by atoms with Crippen LogP contribution in [-0.4, -0.2) is 49.1 Å². The summed E-state index contributed by atoms with van der Waals surface area (Å²) in [6.07, 6.45) is 2.28. The van der Waals surface area contributed by atoms with E-state index in [9.17, 15) is 14.7 Å². The standard InChI is InChI=1S/C25H27NO6/c1-5-13-26-22(16-9-7-10-17(15-16)32-14-6-2)21(24(28)25(26)29)23(27)20-18(30-3)11-8-12-19(20)31-4/h6-12,15,22,27H,2,5,13-14H2,1,3-4H3/b23-21+. The first-order valence-electron chi connectivity index (χ1n) is 10.3. The van der Waals surface area contributed by atoms with E-state index in [2.05, 4.69) is 6.58 Å². The molecule has 3 rings (SSSR count). The molecule has 0 aromatic heterocycles. The molecule has 1 aliphatic heterocycles. The largest absolute Gasteiger partial charge is 0.506 e. The van der Waals surface area contributed by atoms with Crippen LogP contribution in [0.25, 0.3) is 5.76 Å². The van der Waals surface area contributed by atoms with Crippen LogP contribution in [0.15, 0.2) is 60.7 Å². The van der Waals surface area contributed by atoms with Gasteiger partial charge in [0, 0.05) is 6.54 Å². The molecule has 32 heavy (non-hydrogen) atoms. The van der Waals surface area contributed by atoms with Crippen molar-refractivity contribution in [3.8, 4) is 17.2 Å². The van der Waals surface area contributed by atoms with E-state index in [1.165, 1.54) is 19.1 Å². The van der Waals surface area contributed by atoms with Crippen molar-refractivity contribution in [2.45, 2.75) is 19.4 Å². The van der Waals surface area contributed by atoms with Gasteiger partial charge in [-0.1, -0.05) is 37.8 Å². The van der Waals surface area contributed by atoms with Crippen LogP contribution in [0.2, 0.25) is 0 Å². The van der Waals surface area contributed by atoms with E-state index in [-0.39, 0.29) is 16.9 Å². The Morgan fingerprint density at radius 3 is 2.38 bits per heavy atom. The van der Waals surface area contributed by atoms with Gasteiger partial charge in [0.1, 0.15) is 35.2 Å². The third-order valence-electron chi connectivity index (χ3n) is 5.21. The number of carbonyl (C=O) groups is 2. The van der Waals surface area contributed by atoms with Gasteiger partial charge in [-0.2, -0.15) is 0 Å². The predicted molar refractivity (Wildman–Crippen MR) is 121 cm³/mol. The fourth-order valence-corrected chi connectivity index (χ4v) is 3.85. The van der Waals surface area contributed by atoms with E-state index in [1.807, 2.05) is 6.92 Å². The number of Topliss-reactive ketones (excluding diaryl/α,β-unsaturated/α-hetero) is 1. The topological polar surface area (TPSA) is 85.3 Å². The van der Waals surface area contributed by atoms with Crippen molar-refractivity contribution in [1.82, 2.24) is 4.90 Å². The zero-order chi connectivity index (χ0) is 23.3. The van der Waals surface area contributed by atoms with E-state index in [1.54, 1.807) is 48.5 Å². The molecule has 0 radical (unpaired) electrons. The van der Waals surface area contributed by atoms with Crippen LogP contribution < -0.4 is 14.2 Å². The molecule has 1 N–H and O–H groups in total.